The van der Waals surface area contributed by atoms with Gasteiger partial charge in [0.25, 0.3) is 0 Å². The summed E-state index contributed by atoms with van der Waals surface area (Å²) in [5.41, 5.74) is 0. The van der Waals surface area contributed by atoms with Gasteiger partial charge in [-0.15, -0.1) is 21.5 Å². The van der Waals surface area contributed by atoms with Crippen LogP contribution < -0.4 is 0 Å². The average molecular weight is 213 g/mol. The molecule has 2 aromatic heterocycles. The zero-order chi connectivity index (χ0) is 9.10. The molecule has 0 aliphatic heterocycles. The number of nitrogens with one attached hydrogen (secondary N) is 1. The van der Waals surface area contributed by atoms with Crippen LogP contribution in [0.5, 0.6) is 0 Å². The van der Waals surface area contributed by atoms with Crippen LogP contribution in [0.4, 0.5) is 0 Å². The fraction of sp³-hybridized carbons (Fsp3) is 0.333. The molecule has 1 atom stereocenters. The summed E-state index contributed by atoms with van der Waals surface area (Å²) in [7, 11) is 0. The first-order chi connectivity index (χ1) is 6.36. The van der Waals surface area contributed by atoms with E-state index in [0.717, 1.165) is 5.01 Å². The molecule has 0 saturated heterocycles. The van der Waals surface area contributed by atoms with Crippen molar-refractivity contribution in [2.45, 2.75) is 17.3 Å². The van der Waals surface area contributed by atoms with Gasteiger partial charge >= 0.3 is 0 Å². The Balaban J connectivity index is 2.04. The zero-order valence-corrected chi connectivity index (χ0v) is 8.47. The second-order valence-corrected chi connectivity index (χ2v) is 4.56. The summed E-state index contributed by atoms with van der Waals surface area (Å²) >= 11 is 3.17. The molecular formula is C6H7N5S2. The Morgan fingerprint density at radius 2 is 2.54 bits per heavy atom. The lowest BCUT2D eigenvalue weighted by molar-refractivity contribution is 0.881. The van der Waals surface area contributed by atoms with Gasteiger partial charge in [-0.2, -0.15) is 5.21 Å². The van der Waals surface area contributed by atoms with Gasteiger partial charge in [0.2, 0.25) is 5.16 Å². The quantitative estimate of drug-likeness (QED) is 0.783. The van der Waals surface area contributed by atoms with Crippen molar-refractivity contribution in [3.05, 3.63) is 16.6 Å². The van der Waals surface area contributed by atoms with Crippen LogP contribution in [0.1, 0.15) is 17.2 Å². The summed E-state index contributed by atoms with van der Waals surface area (Å²) in [4.78, 5) is 4.21. The van der Waals surface area contributed by atoms with Gasteiger partial charge in [0.15, 0.2) is 0 Å². The average Bonchev–Trinajstić information content (AvgIpc) is 2.74. The minimum Gasteiger partial charge on any atom is -0.249 e. The van der Waals surface area contributed by atoms with Crippen LogP contribution in [0, 0.1) is 0 Å². The van der Waals surface area contributed by atoms with Crippen LogP contribution in [0.25, 0.3) is 0 Å². The van der Waals surface area contributed by atoms with Crippen LogP contribution in [-0.4, -0.2) is 25.6 Å². The number of nitrogens with zero attached hydrogens (tertiary/aromatic N) is 4. The molecule has 0 aliphatic rings. The maximum absolute atomic E-state index is 4.21. The number of H-pyrrole nitrogens is 1. The van der Waals surface area contributed by atoms with E-state index in [9.17, 15) is 0 Å². The van der Waals surface area contributed by atoms with E-state index in [-0.39, 0.29) is 5.25 Å². The van der Waals surface area contributed by atoms with Gasteiger partial charge in [-0.3, -0.25) is 0 Å². The first-order valence-corrected chi connectivity index (χ1v) is 5.41. The summed E-state index contributed by atoms with van der Waals surface area (Å²) in [5, 5.41) is 17.6. The summed E-state index contributed by atoms with van der Waals surface area (Å²) in [6.45, 7) is 2.07. The van der Waals surface area contributed by atoms with Crippen LogP contribution >= 0.6 is 23.1 Å². The Kier molecular flexibility index (Phi) is 2.55. The molecule has 1 unspecified atom stereocenters. The van der Waals surface area contributed by atoms with Gasteiger partial charge in [-0.25, -0.2) is 4.98 Å². The Labute approximate surface area is 83.0 Å². The lowest BCUT2D eigenvalue weighted by atomic mass is 10.5. The first-order valence-electron chi connectivity index (χ1n) is 3.66. The molecule has 5 nitrogen and oxygen atoms in total. The van der Waals surface area contributed by atoms with Gasteiger partial charge < -0.3 is 0 Å². The van der Waals surface area contributed by atoms with Crippen molar-refractivity contribution in [2.24, 2.45) is 0 Å². The topological polar surface area (TPSA) is 67.3 Å². The molecule has 1 N–H and O–H groups in total. The standard InChI is InChI=1S/C6H7N5S2/c1-4(5-7-2-3-12-5)13-6-8-10-11-9-6/h2-4H,1H3,(H,8,9,10,11). The van der Waals surface area contributed by atoms with Crippen LogP contribution in [0.2, 0.25) is 0 Å². The van der Waals surface area contributed by atoms with E-state index < -0.39 is 0 Å². The number of aromatic nitrogens is 5. The molecule has 2 heterocycles. The van der Waals surface area contributed by atoms with Crippen molar-refractivity contribution in [3.63, 3.8) is 0 Å². The predicted octanol–water partition coefficient (Wildman–Crippen LogP) is 1.51. The molecule has 0 radical (unpaired) electrons. The van der Waals surface area contributed by atoms with Gasteiger partial charge in [0.05, 0.1) is 5.25 Å². The number of hydrogen-bond acceptors (Lipinski definition) is 6. The Bertz CT molecular complexity index is 343. The minimum absolute atomic E-state index is 0.276. The minimum atomic E-state index is 0.276. The number of aromatic amines is 1. The number of tetrazole rings is 1. The van der Waals surface area contributed by atoms with E-state index in [4.69, 9.17) is 0 Å². The number of rotatable bonds is 3. The molecule has 68 valence electrons. The van der Waals surface area contributed by atoms with Gasteiger partial charge in [0, 0.05) is 11.6 Å². The maximum Gasteiger partial charge on any atom is 0.231 e. The van der Waals surface area contributed by atoms with Crippen molar-refractivity contribution >= 4 is 23.1 Å². The van der Waals surface area contributed by atoms with Gasteiger partial charge in [-0.1, -0.05) is 11.8 Å². The van der Waals surface area contributed by atoms with Crippen LogP contribution in [0.15, 0.2) is 16.7 Å². The predicted molar refractivity (Wildman–Crippen MR) is 50.6 cm³/mol. The molecule has 0 spiro atoms. The largest absolute Gasteiger partial charge is 0.249 e. The lowest BCUT2D eigenvalue weighted by Gasteiger charge is -2.02. The van der Waals surface area contributed by atoms with Crippen molar-refractivity contribution in [2.75, 3.05) is 0 Å². The highest BCUT2D eigenvalue weighted by molar-refractivity contribution is 7.99. The SMILES string of the molecule is CC(Sc1nn[nH]n1)c1nccs1. The molecule has 0 saturated carbocycles. The summed E-state index contributed by atoms with van der Waals surface area (Å²) in [6.07, 6.45) is 1.80. The van der Waals surface area contributed by atoms with Crippen LogP contribution in [-0.2, 0) is 0 Å². The van der Waals surface area contributed by atoms with E-state index in [1.165, 1.54) is 11.8 Å². The summed E-state index contributed by atoms with van der Waals surface area (Å²) in [6, 6.07) is 0. The van der Waals surface area contributed by atoms with Gasteiger partial charge in [0.1, 0.15) is 5.01 Å². The molecule has 13 heavy (non-hydrogen) atoms. The monoisotopic (exact) mass is 213 g/mol. The van der Waals surface area contributed by atoms with Crippen molar-refractivity contribution in [1.82, 2.24) is 25.6 Å². The molecule has 0 amide bonds. The molecule has 0 bridgehead atoms. The normalized spacial score (nSPS) is 13.0. The first kappa shape index (κ1) is 8.64. The second kappa shape index (κ2) is 3.84. The molecule has 2 aromatic rings. The highest BCUT2D eigenvalue weighted by atomic mass is 32.2. The molecule has 0 aromatic carbocycles. The van der Waals surface area contributed by atoms with Crippen LogP contribution in [0.3, 0.4) is 0 Å². The molecule has 7 heteroatoms. The summed E-state index contributed by atoms with van der Waals surface area (Å²) in [5.74, 6) is 0. The Morgan fingerprint density at radius 3 is 3.15 bits per heavy atom. The third-order valence-electron chi connectivity index (χ3n) is 1.41. The Morgan fingerprint density at radius 1 is 1.62 bits per heavy atom. The van der Waals surface area contributed by atoms with E-state index >= 15 is 0 Å². The molecule has 2 rings (SSSR count). The fourth-order valence-corrected chi connectivity index (χ4v) is 2.39. The number of thiazole rings is 1. The number of hydrogen-bond donors (Lipinski definition) is 1. The maximum atomic E-state index is 4.21. The smallest absolute Gasteiger partial charge is 0.231 e. The second-order valence-electron chi connectivity index (χ2n) is 2.32. The van der Waals surface area contributed by atoms with E-state index in [0.29, 0.717) is 5.16 Å². The Hall–Kier alpha value is -0.950. The third-order valence-corrected chi connectivity index (χ3v) is 3.48. The summed E-state index contributed by atoms with van der Waals surface area (Å²) < 4.78 is 0. The highest BCUT2D eigenvalue weighted by Gasteiger charge is 2.11. The zero-order valence-electron chi connectivity index (χ0n) is 6.84. The van der Waals surface area contributed by atoms with Gasteiger partial charge in [-0.05, 0) is 12.1 Å². The molecule has 0 aliphatic carbocycles. The van der Waals surface area contributed by atoms with E-state index in [1.54, 1.807) is 17.5 Å². The lowest BCUT2D eigenvalue weighted by Crippen LogP contribution is -1.87. The molecule has 0 fully saturated rings. The van der Waals surface area contributed by atoms with E-state index in [2.05, 4.69) is 32.5 Å². The fourth-order valence-electron chi connectivity index (χ4n) is 0.846. The third kappa shape index (κ3) is 2.04. The van der Waals surface area contributed by atoms with E-state index in [1.807, 2.05) is 5.38 Å². The number of thioether (sulfide) groups is 1. The van der Waals surface area contributed by atoms with Crippen molar-refractivity contribution in [3.8, 4) is 0 Å². The van der Waals surface area contributed by atoms with Crippen molar-refractivity contribution in [1.29, 1.82) is 0 Å². The molecular weight excluding hydrogens is 206 g/mol. The van der Waals surface area contributed by atoms with Crippen molar-refractivity contribution < 1.29 is 0 Å². The highest BCUT2D eigenvalue weighted by Crippen LogP contribution is 2.32.